The Bertz CT molecular complexity index is 1520. The fourth-order valence-electron chi connectivity index (χ4n) is 5.48. The predicted octanol–water partition coefficient (Wildman–Crippen LogP) is 6.53. The molecule has 0 saturated heterocycles. The van der Waals surface area contributed by atoms with Crippen LogP contribution in [0.5, 0.6) is 5.75 Å². The predicted molar refractivity (Wildman–Crippen MR) is 145 cm³/mol. The number of allylic oxidation sites excluding steroid dienone is 2. The number of hydrogen-bond donors (Lipinski definition) is 3. The lowest BCUT2D eigenvalue weighted by atomic mass is 9.76. The second-order valence-corrected chi connectivity index (χ2v) is 9.54. The Kier molecular flexibility index (Phi) is 5.53. The van der Waals surface area contributed by atoms with Crippen molar-refractivity contribution >= 4 is 28.1 Å². The molecule has 1 amide bonds. The molecule has 36 heavy (non-hydrogen) atoms. The van der Waals surface area contributed by atoms with Crippen LogP contribution in [0.4, 0.5) is 5.69 Å². The molecule has 5 heteroatoms. The number of benzene rings is 4. The van der Waals surface area contributed by atoms with Crippen molar-refractivity contribution in [1.29, 1.82) is 0 Å². The van der Waals surface area contributed by atoms with Gasteiger partial charge >= 0.3 is 0 Å². The maximum Gasteiger partial charge on any atom is 0.275 e. The van der Waals surface area contributed by atoms with Crippen molar-refractivity contribution in [3.8, 4) is 5.75 Å². The second kappa shape index (κ2) is 9.00. The van der Waals surface area contributed by atoms with Gasteiger partial charge in [-0.05, 0) is 71.0 Å². The average Bonchev–Trinajstić information content (AvgIpc) is 3.41. The van der Waals surface area contributed by atoms with E-state index in [0.717, 1.165) is 28.4 Å². The minimum atomic E-state index is -0.443. The van der Waals surface area contributed by atoms with Crippen LogP contribution < -0.4 is 10.7 Å². The number of phenols is 1. The second-order valence-electron chi connectivity index (χ2n) is 9.54. The molecular weight excluding hydrogens is 446 g/mol. The number of hydrogen-bond acceptors (Lipinski definition) is 4. The number of aromatic hydroxyl groups is 1. The van der Waals surface area contributed by atoms with E-state index in [4.69, 9.17) is 0 Å². The van der Waals surface area contributed by atoms with Crippen LogP contribution in [0.3, 0.4) is 0 Å². The van der Waals surface area contributed by atoms with Crippen LogP contribution in [0.2, 0.25) is 0 Å². The van der Waals surface area contributed by atoms with E-state index in [1.807, 2.05) is 37.3 Å². The third-order valence-corrected chi connectivity index (χ3v) is 7.37. The summed E-state index contributed by atoms with van der Waals surface area (Å²) in [5, 5.41) is 20.2. The van der Waals surface area contributed by atoms with Crippen LogP contribution >= 0.6 is 0 Å². The smallest absolute Gasteiger partial charge is 0.275 e. The van der Waals surface area contributed by atoms with Crippen LogP contribution in [0, 0.1) is 5.92 Å². The van der Waals surface area contributed by atoms with E-state index in [0.29, 0.717) is 17.5 Å². The number of carbonyl (C=O) groups is 1. The Balaban J connectivity index is 1.25. The van der Waals surface area contributed by atoms with E-state index in [1.54, 1.807) is 12.1 Å². The molecule has 6 rings (SSSR count). The van der Waals surface area contributed by atoms with E-state index >= 15 is 0 Å². The van der Waals surface area contributed by atoms with Crippen LogP contribution in [0.1, 0.15) is 52.4 Å². The highest BCUT2D eigenvalue weighted by Gasteiger charge is 2.37. The van der Waals surface area contributed by atoms with Gasteiger partial charge in [-0.15, -0.1) is 0 Å². The molecule has 0 unspecified atom stereocenters. The van der Waals surface area contributed by atoms with Crippen LogP contribution in [0.15, 0.2) is 102 Å². The van der Waals surface area contributed by atoms with Crippen molar-refractivity contribution in [1.82, 2.24) is 5.43 Å². The highest BCUT2D eigenvalue weighted by molar-refractivity contribution is 6.04. The number of phenolic OH excluding ortho intramolecular Hbond substituents is 1. The zero-order valence-electron chi connectivity index (χ0n) is 20.0. The largest absolute Gasteiger partial charge is 0.507 e. The molecule has 0 radical (unpaired) electrons. The van der Waals surface area contributed by atoms with Gasteiger partial charge in [0, 0.05) is 11.6 Å². The topological polar surface area (TPSA) is 73.7 Å². The number of nitrogens with one attached hydrogen (secondary N) is 2. The van der Waals surface area contributed by atoms with Crippen LogP contribution in [0.25, 0.3) is 10.8 Å². The maximum atomic E-state index is 12.8. The van der Waals surface area contributed by atoms with E-state index < -0.39 is 5.91 Å². The molecule has 0 aromatic heterocycles. The zero-order chi connectivity index (χ0) is 24.6. The molecule has 2 aliphatic rings. The van der Waals surface area contributed by atoms with E-state index in [2.05, 4.69) is 70.5 Å². The van der Waals surface area contributed by atoms with Crippen molar-refractivity contribution in [2.75, 3.05) is 5.32 Å². The SMILES string of the molecule is C/C(=N\NC(=O)c1cc2ccccc2cc1O)c1ccc2c(c1)[C@@H]1C=CC[C@@H]1[C@H](c1ccccc1)N2. The maximum absolute atomic E-state index is 12.8. The van der Waals surface area contributed by atoms with Crippen molar-refractivity contribution in [2.45, 2.75) is 25.3 Å². The molecule has 0 bridgehead atoms. The average molecular weight is 474 g/mol. The Morgan fingerprint density at radius 3 is 2.53 bits per heavy atom. The monoisotopic (exact) mass is 473 g/mol. The molecule has 4 aromatic rings. The van der Waals surface area contributed by atoms with Crippen molar-refractivity contribution in [3.05, 3.63) is 119 Å². The molecule has 0 spiro atoms. The van der Waals surface area contributed by atoms with Gasteiger partial charge in [0.15, 0.2) is 0 Å². The summed E-state index contributed by atoms with van der Waals surface area (Å²) in [5.41, 5.74) is 8.18. The van der Waals surface area contributed by atoms with Crippen LogP contribution in [-0.2, 0) is 0 Å². The highest BCUT2D eigenvalue weighted by Crippen LogP contribution is 2.49. The van der Waals surface area contributed by atoms with Crippen molar-refractivity contribution in [3.63, 3.8) is 0 Å². The molecule has 5 nitrogen and oxygen atoms in total. The van der Waals surface area contributed by atoms with Crippen LogP contribution in [-0.4, -0.2) is 16.7 Å². The number of rotatable bonds is 4. The number of carbonyl (C=O) groups excluding carboxylic acids is 1. The lowest BCUT2D eigenvalue weighted by Gasteiger charge is -2.37. The lowest BCUT2D eigenvalue weighted by Crippen LogP contribution is -2.29. The minimum Gasteiger partial charge on any atom is -0.507 e. The molecule has 1 heterocycles. The van der Waals surface area contributed by atoms with E-state index in [-0.39, 0.29) is 17.4 Å². The number of nitrogens with zero attached hydrogens (tertiary/aromatic N) is 1. The Labute approximate surface area is 210 Å². The summed E-state index contributed by atoms with van der Waals surface area (Å²) >= 11 is 0. The zero-order valence-corrected chi connectivity index (χ0v) is 20.0. The summed E-state index contributed by atoms with van der Waals surface area (Å²) in [7, 11) is 0. The molecule has 3 atom stereocenters. The van der Waals surface area contributed by atoms with Gasteiger partial charge in [0.1, 0.15) is 5.75 Å². The van der Waals surface area contributed by atoms with E-state index in [9.17, 15) is 9.90 Å². The molecule has 0 saturated carbocycles. The molecule has 4 aromatic carbocycles. The third-order valence-electron chi connectivity index (χ3n) is 7.37. The quantitative estimate of drug-likeness (QED) is 0.179. The third kappa shape index (κ3) is 3.93. The van der Waals surface area contributed by atoms with Gasteiger partial charge in [-0.3, -0.25) is 4.79 Å². The first-order valence-electron chi connectivity index (χ1n) is 12.3. The van der Waals surface area contributed by atoms with Gasteiger partial charge in [-0.1, -0.05) is 72.8 Å². The van der Waals surface area contributed by atoms with Gasteiger partial charge in [0.25, 0.3) is 5.91 Å². The van der Waals surface area contributed by atoms with Gasteiger partial charge < -0.3 is 10.4 Å². The lowest BCUT2D eigenvalue weighted by molar-refractivity contribution is 0.0952. The fourth-order valence-corrected chi connectivity index (χ4v) is 5.48. The molecule has 178 valence electrons. The standard InChI is InChI=1S/C31H27N3O2/c1-19(33-34-31(36)27-17-22-10-5-6-11-23(22)18-29(27)35)21-14-15-28-26(16-21)24-12-7-13-25(24)30(32-28)20-8-3-2-4-9-20/h2-12,14-18,24-25,30,32,35H,13H2,1H3,(H,34,36)/b33-19+/t24-,25+,30+/m1/s1. The molecule has 3 N–H and O–H groups in total. The number of amides is 1. The Morgan fingerprint density at radius 1 is 0.972 bits per heavy atom. The molecular formula is C31H27N3O2. The van der Waals surface area contributed by atoms with Crippen molar-refractivity contribution in [2.24, 2.45) is 11.0 Å². The summed E-state index contributed by atoms with van der Waals surface area (Å²) < 4.78 is 0. The van der Waals surface area contributed by atoms with Gasteiger partial charge in [-0.25, -0.2) is 5.43 Å². The van der Waals surface area contributed by atoms with Crippen molar-refractivity contribution < 1.29 is 9.90 Å². The first-order valence-corrected chi connectivity index (χ1v) is 12.3. The summed E-state index contributed by atoms with van der Waals surface area (Å²) in [5.74, 6) is 0.291. The number of fused-ring (bicyclic) bond motifs is 4. The first-order chi connectivity index (χ1) is 17.6. The Morgan fingerprint density at radius 2 is 1.72 bits per heavy atom. The molecule has 1 aliphatic heterocycles. The summed E-state index contributed by atoms with van der Waals surface area (Å²) in [6, 6.07) is 28.1. The summed E-state index contributed by atoms with van der Waals surface area (Å²) in [6.45, 7) is 1.88. The Hall–Kier alpha value is -4.38. The van der Waals surface area contributed by atoms with Gasteiger partial charge in [0.05, 0.1) is 17.3 Å². The van der Waals surface area contributed by atoms with Gasteiger partial charge in [-0.2, -0.15) is 5.10 Å². The summed E-state index contributed by atoms with van der Waals surface area (Å²) in [6.07, 6.45) is 5.64. The summed E-state index contributed by atoms with van der Waals surface area (Å²) in [4.78, 5) is 12.8. The molecule has 1 aliphatic carbocycles. The normalized spacial score (nSPS) is 20.5. The highest BCUT2D eigenvalue weighted by atomic mass is 16.3. The number of anilines is 1. The minimum absolute atomic E-state index is 0.0639. The first kappa shape index (κ1) is 22.1. The van der Waals surface area contributed by atoms with E-state index in [1.165, 1.54) is 11.1 Å². The fraction of sp³-hybridized carbons (Fsp3) is 0.161. The molecule has 0 fully saturated rings. The van der Waals surface area contributed by atoms with Gasteiger partial charge in [0.2, 0.25) is 0 Å². The number of hydrazone groups is 1.